The summed E-state index contributed by atoms with van der Waals surface area (Å²) >= 11 is 0. The Hall–Kier alpha value is -2.95. The van der Waals surface area contributed by atoms with Crippen molar-refractivity contribution in [3.05, 3.63) is 64.7 Å². The summed E-state index contributed by atoms with van der Waals surface area (Å²) < 4.78 is 0. The number of aryl methyl sites for hydroxylation is 3. The van der Waals surface area contributed by atoms with Crippen LogP contribution >= 0.6 is 0 Å². The third-order valence-corrected chi connectivity index (χ3v) is 3.76. The molecule has 2 rings (SSSR count). The summed E-state index contributed by atoms with van der Waals surface area (Å²) in [6, 6.07) is 13.3. The van der Waals surface area contributed by atoms with Gasteiger partial charge in [-0.1, -0.05) is 35.9 Å². The summed E-state index contributed by atoms with van der Waals surface area (Å²) in [6.07, 6.45) is 1.84. The van der Waals surface area contributed by atoms with Gasteiger partial charge in [0.1, 0.15) is 0 Å². The van der Waals surface area contributed by atoms with Gasteiger partial charge >= 0.3 is 0 Å². The summed E-state index contributed by atoms with van der Waals surface area (Å²) in [6.45, 7) is 6.07. The van der Waals surface area contributed by atoms with Crippen molar-refractivity contribution in [2.75, 3.05) is 5.32 Å². The first-order chi connectivity index (χ1) is 12.0. The third-order valence-electron chi connectivity index (χ3n) is 3.76. The summed E-state index contributed by atoms with van der Waals surface area (Å²) in [7, 11) is 0. The van der Waals surface area contributed by atoms with Gasteiger partial charge in [-0.3, -0.25) is 9.59 Å². The van der Waals surface area contributed by atoms with E-state index in [2.05, 4.69) is 28.0 Å². The number of carbonyl (C=O) groups excluding carboxylic acids is 2. The molecule has 25 heavy (non-hydrogen) atoms. The minimum absolute atomic E-state index is 0.0852. The molecule has 0 saturated heterocycles. The molecule has 0 unspecified atom stereocenters. The molecule has 0 aromatic heterocycles. The van der Waals surface area contributed by atoms with Crippen molar-refractivity contribution in [2.24, 2.45) is 5.10 Å². The van der Waals surface area contributed by atoms with Crippen molar-refractivity contribution in [3.63, 3.8) is 0 Å². The van der Waals surface area contributed by atoms with Gasteiger partial charge in [-0.05, 0) is 44.0 Å². The highest BCUT2D eigenvalue weighted by Crippen LogP contribution is 2.14. The van der Waals surface area contributed by atoms with E-state index in [4.69, 9.17) is 0 Å². The van der Waals surface area contributed by atoms with E-state index >= 15 is 0 Å². The van der Waals surface area contributed by atoms with Crippen molar-refractivity contribution in [3.8, 4) is 0 Å². The van der Waals surface area contributed by atoms with Gasteiger partial charge < -0.3 is 5.32 Å². The van der Waals surface area contributed by atoms with Crippen LogP contribution in [0.4, 0.5) is 5.69 Å². The van der Waals surface area contributed by atoms with Crippen LogP contribution in [0.5, 0.6) is 0 Å². The van der Waals surface area contributed by atoms with Gasteiger partial charge in [-0.25, -0.2) is 5.43 Å². The van der Waals surface area contributed by atoms with Crippen LogP contribution in [-0.2, 0) is 9.59 Å². The number of carbonyl (C=O) groups is 2. The second-order valence-electron chi connectivity index (χ2n) is 6.02. The molecule has 0 aliphatic carbocycles. The zero-order valence-corrected chi connectivity index (χ0v) is 14.8. The van der Waals surface area contributed by atoms with Gasteiger partial charge in [0.2, 0.25) is 11.8 Å². The van der Waals surface area contributed by atoms with E-state index in [1.165, 1.54) is 5.56 Å². The molecule has 0 aliphatic rings. The molecule has 5 nitrogen and oxygen atoms in total. The molecule has 0 saturated carbocycles. The van der Waals surface area contributed by atoms with Crippen LogP contribution in [0.1, 0.15) is 35.1 Å². The average molecular weight is 337 g/mol. The van der Waals surface area contributed by atoms with Crippen LogP contribution in [0.25, 0.3) is 0 Å². The van der Waals surface area contributed by atoms with Crippen molar-refractivity contribution in [1.29, 1.82) is 0 Å². The summed E-state index contributed by atoms with van der Waals surface area (Å²) in [4.78, 5) is 23.6. The van der Waals surface area contributed by atoms with Gasteiger partial charge in [0.15, 0.2) is 0 Å². The normalized spacial score (nSPS) is 10.7. The van der Waals surface area contributed by atoms with Gasteiger partial charge in [0, 0.05) is 24.1 Å². The van der Waals surface area contributed by atoms with E-state index in [9.17, 15) is 9.59 Å². The first-order valence-corrected chi connectivity index (χ1v) is 8.20. The summed E-state index contributed by atoms with van der Waals surface area (Å²) in [5.41, 5.74) is 7.59. The fourth-order valence-electron chi connectivity index (χ4n) is 2.59. The number of benzene rings is 2. The predicted molar refractivity (Wildman–Crippen MR) is 101 cm³/mol. The lowest BCUT2D eigenvalue weighted by molar-refractivity contribution is -0.124. The maximum atomic E-state index is 11.8. The number of rotatable bonds is 6. The number of nitrogens with one attached hydrogen (secondary N) is 2. The molecule has 0 bridgehead atoms. The zero-order chi connectivity index (χ0) is 18.2. The Morgan fingerprint density at radius 3 is 2.20 bits per heavy atom. The fraction of sp³-hybridized carbons (Fsp3) is 0.250. The zero-order valence-electron chi connectivity index (χ0n) is 14.8. The van der Waals surface area contributed by atoms with Crippen LogP contribution in [0.15, 0.2) is 47.6 Å². The molecule has 2 amide bonds. The average Bonchev–Trinajstić information content (AvgIpc) is 2.56. The first kappa shape index (κ1) is 18.4. The minimum atomic E-state index is -0.290. The van der Waals surface area contributed by atoms with Crippen molar-refractivity contribution < 1.29 is 9.59 Å². The van der Waals surface area contributed by atoms with Crippen molar-refractivity contribution >= 4 is 23.7 Å². The summed E-state index contributed by atoms with van der Waals surface area (Å²) in [5, 5.41) is 6.74. The van der Waals surface area contributed by atoms with E-state index in [0.717, 1.165) is 22.4 Å². The van der Waals surface area contributed by atoms with Crippen molar-refractivity contribution in [2.45, 2.75) is 33.6 Å². The van der Waals surface area contributed by atoms with E-state index in [0.29, 0.717) is 0 Å². The lowest BCUT2D eigenvalue weighted by atomic mass is 10.0. The van der Waals surface area contributed by atoms with Gasteiger partial charge in [0.25, 0.3) is 0 Å². The van der Waals surface area contributed by atoms with Crippen molar-refractivity contribution in [1.82, 2.24) is 5.43 Å². The Bertz CT molecular complexity index is 760. The number of para-hydroxylation sites is 1. The molecule has 0 spiro atoms. The van der Waals surface area contributed by atoms with Crippen LogP contribution in [0.3, 0.4) is 0 Å². The molecule has 0 fully saturated rings. The topological polar surface area (TPSA) is 70.6 Å². The standard InChI is InChI=1S/C20H23N3O2/c1-14-11-15(2)18(16(3)12-14)13-21-23-20(25)10-9-19(24)22-17-7-5-4-6-8-17/h4-8,11-13H,9-10H2,1-3H3,(H,22,24)(H,23,25)/b21-13-. The van der Waals surface area contributed by atoms with E-state index in [1.807, 2.05) is 39.0 Å². The molecule has 0 aliphatic heterocycles. The number of hydrogen-bond donors (Lipinski definition) is 2. The molecule has 2 N–H and O–H groups in total. The maximum absolute atomic E-state index is 11.8. The molecule has 2 aromatic rings. The van der Waals surface area contributed by atoms with Crippen LogP contribution in [-0.4, -0.2) is 18.0 Å². The molecular weight excluding hydrogens is 314 g/mol. The highest BCUT2D eigenvalue weighted by molar-refractivity contribution is 5.93. The fourth-order valence-corrected chi connectivity index (χ4v) is 2.59. The van der Waals surface area contributed by atoms with E-state index < -0.39 is 0 Å². The van der Waals surface area contributed by atoms with E-state index in [1.54, 1.807) is 18.3 Å². The van der Waals surface area contributed by atoms with Gasteiger partial charge in [-0.15, -0.1) is 0 Å². The highest BCUT2D eigenvalue weighted by atomic mass is 16.2. The third kappa shape index (κ3) is 5.88. The summed E-state index contributed by atoms with van der Waals surface area (Å²) in [5.74, 6) is -0.488. The molecule has 130 valence electrons. The lowest BCUT2D eigenvalue weighted by Crippen LogP contribution is -2.20. The largest absolute Gasteiger partial charge is 0.326 e. The molecule has 0 heterocycles. The monoisotopic (exact) mass is 337 g/mol. The Morgan fingerprint density at radius 2 is 1.56 bits per heavy atom. The van der Waals surface area contributed by atoms with Gasteiger partial charge in [0.05, 0.1) is 6.21 Å². The van der Waals surface area contributed by atoms with E-state index in [-0.39, 0.29) is 24.7 Å². The second kappa shape index (κ2) is 8.78. The lowest BCUT2D eigenvalue weighted by Gasteiger charge is -2.07. The molecule has 5 heteroatoms. The molecule has 0 radical (unpaired) electrons. The Labute approximate surface area is 148 Å². The molecule has 0 atom stereocenters. The quantitative estimate of drug-likeness (QED) is 0.626. The number of hydrogen-bond acceptors (Lipinski definition) is 3. The second-order valence-corrected chi connectivity index (χ2v) is 6.02. The van der Waals surface area contributed by atoms with Crippen LogP contribution in [0, 0.1) is 20.8 Å². The predicted octanol–water partition coefficient (Wildman–Crippen LogP) is 3.48. The number of amides is 2. The number of nitrogens with zero attached hydrogens (tertiary/aromatic N) is 1. The molecular formula is C20H23N3O2. The maximum Gasteiger partial charge on any atom is 0.240 e. The first-order valence-electron chi connectivity index (χ1n) is 8.20. The Kier molecular flexibility index (Phi) is 6.46. The van der Waals surface area contributed by atoms with Gasteiger partial charge in [-0.2, -0.15) is 5.10 Å². The Morgan fingerprint density at radius 1 is 0.960 bits per heavy atom. The molecule has 2 aromatic carbocycles. The highest BCUT2D eigenvalue weighted by Gasteiger charge is 2.07. The van der Waals surface area contributed by atoms with Crippen LogP contribution in [0.2, 0.25) is 0 Å². The SMILES string of the molecule is Cc1cc(C)c(/C=N\NC(=O)CCC(=O)Nc2ccccc2)c(C)c1. The number of hydrazone groups is 1. The number of anilines is 1. The smallest absolute Gasteiger partial charge is 0.240 e. The van der Waals surface area contributed by atoms with Crippen LogP contribution < -0.4 is 10.7 Å². The minimum Gasteiger partial charge on any atom is -0.326 e. The Balaban J connectivity index is 1.80.